The highest BCUT2D eigenvalue weighted by molar-refractivity contribution is 5.69. The van der Waals surface area contributed by atoms with E-state index in [-0.39, 0.29) is 12.1 Å². The van der Waals surface area contributed by atoms with Crippen LogP contribution in [0.3, 0.4) is 0 Å². The Hall–Kier alpha value is -0.790. The van der Waals surface area contributed by atoms with E-state index in [1.165, 1.54) is 89.9 Å². The van der Waals surface area contributed by atoms with Crippen LogP contribution in [0, 0.1) is 52.3 Å². The lowest BCUT2D eigenvalue weighted by Crippen LogP contribution is -2.51. The molecule has 0 amide bonds. The third-order valence-corrected chi connectivity index (χ3v) is 13.0. The van der Waals surface area contributed by atoms with E-state index in [1.54, 1.807) is 5.57 Å². The number of hydrogen-bond donors (Lipinski definition) is 0. The largest absolute Gasteiger partial charge is 0.462 e. The van der Waals surface area contributed by atoms with E-state index in [0.29, 0.717) is 17.3 Å². The van der Waals surface area contributed by atoms with Crippen molar-refractivity contribution in [3.63, 3.8) is 0 Å². The highest BCUT2D eigenvalue weighted by Crippen LogP contribution is 2.67. The number of ether oxygens (including phenoxy) is 1. The van der Waals surface area contributed by atoms with Gasteiger partial charge in [0.05, 0.1) is 0 Å². The van der Waals surface area contributed by atoms with Crippen LogP contribution in [0.2, 0.25) is 0 Å². The number of carbonyl (C=O) groups excluding carboxylic acids is 1. The second kappa shape index (κ2) is 12.0. The van der Waals surface area contributed by atoms with Crippen molar-refractivity contribution in [2.75, 3.05) is 0 Å². The summed E-state index contributed by atoms with van der Waals surface area (Å²) in [6.45, 7) is 12.6. The molecule has 5 aliphatic carbocycles. The zero-order valence-electron chi connectivity index (χ0n) is 25.7. The van der Waals surface area contributed by atoms with E-state index in [4.69, 9.17) is 4.74 Å². The molecule has 4 saturated carbocycles. The van der Waals surface area contributed by atoms with E-state index in [9.17, 15) is 4.79 Å². The second-order valence-electron chi connectivity index (χ2n) is 15.7. The first-order valence-electron chi connectivity index (χ1n) is 17.1. The highest BCUT2D eigenvalue weighted by atomic mass is 16.5. The summed E-state index contributed by atoms with van der Waals surface area (Å²) in [5, 5.41) is 0. The lowest BCUT2D eigenvalue weighted by molar-refractivity contribution is -0.152. The van der Waals surface area contributed by atoms with Crippen molar-refractivity contribution in [2.45, 2.75) is 156 Å². The predicted octanol–water partition coefficient (Wildman–Crippen LogP) is 10.3. The molecular formula is C36H60O2. The van der Waals surface area contributed by atoms with Gasteiger partial charge in [0.1, 0.15) is 6.10 Å². The average Bonchev–Trinajstić information content (AvgIpc) is 3.25. The van der Waals surface area contributed by atoms with Gasteiger partial charge < -0.3 is 4.74 Å². The molecule has 0 N–H and O–H groups in total. The first-order chi connectivity index (χ1) is 18.2. The number of allylic oxidation sites excluding steroid dienone is 1. The normalized spacial score (nSPS) is 40.2. The van der Waals surface area contributed by atoms with Crippen molar-refractivity contribution in [3.8, 4) is 0 Å². The van der Waals surface area contributed by atoms with Crippen LogP contribution >= 0.6 is 0 Å². The summed E-state index contributed by atoms with van der Waals surface area (Å²) < 4.78 is 6.11. The summed E-state index contributed by atoms with van der Waals surface area (Å²) in [6.07, 6.45) is 25.8. The Morgan fingerprint density at radius 1 is 0.947 bits per heavy atom. The monoisotopic (exact) mass is 524 g/mol. The molecule has 4 fully saturated rings. The van der Waals surface area contributed by atoms with Gasteiger partial charge in [-0.3, -0.25) is 4.79 Å². The Kier molecular flexibility index (Phi) is 9.06. The number of carbonyl (C=O) groups is 1. The molecule has 0 aromatic rings. The molecule has 38 heavy (non-hydrogen) atoms. The smallest absolute Gasteiger partial charge is 0.306 e. The van der Waals surface area contributed by atoms with Gasteiger partial charge >= 0.3 is 5.97 Å². The van der Waals surface area contributed by atoms with E-state index in [0.717, 1.165) is 60.7 Å². The van der Waals surface area contributed by atoms with Gasteiger partial charge in [0.2, 0.25) is 0 Å². The van der Waals surface area contributed by atoms with Crippen LogP contribution in [0.25, 0.3) is 0 Å². The number of hydrogen-bond acceptors (Lipinski definition) is 2. The van der Waals surface area contributed by atoms with Crippen LogP contribution in [-0.2, 0) is 9.53 Å². The molecule has 0 spiro atoms. The fourth-order valence-corrected chi connectivity index (χ4v) is 10.8. The van der Waals surface area contributed by atoms with E-state index in [2.05, 4.69) is 40.7 Å². The number of fused-ring (bicyclic) bond motifs is 5. The molecule has 2 heteroatoms. The minimum absolute atomic E-state index is 0.0754. The summed E-state index contributed by atoms with van der Waals surface area (Å²) in [7, 11) is 0. The topological polar surface area (TPSA) is 26.3 Å². The summed E-state index contributed by atoms with van der Waals surface area (Å²) in [5.41, 5.74) is 2.55. The molecule has 0 aromatic heterocycles. The molecular weight excluding hydrogens is 464 g/mol. The summed E-state index contributed by atoms with van der Waals surface area (Å²) >= 11 is 0. The van der Waals surface area contributed by atoms with Gasteiger partial charge in [0, 0.05) is 12.8 Å². The van der Waals surface area contributed by atoms with Gasteiger partial charge in [-0.1, -0.05) is 97.6 Å². The fourth-order valence-electron chi connectivity index (χ4n) is 10.8. The quantitative estimate of drug-likeness (QED) is 0.221. The minimum atomic E-state index is 0.0754. The van der Waals surface area contributed by atoms with Crippen LogP contribution in [0.4, 0.5) is 0 Å². The van der Waals surface area contributed by atoms with Gasteiger partial charge in [-0.2, -0.15) is 0 Å². The highest BCUT2D eigenvalue weighted by Gasteiger charge is 2.59. The van der Waals surface area contributed by atoms with Crippen molar-refractivity contribution in [1.29, 1.82) is 0 Å². The Labute approximate surface area is 235 Å². The first-order valence-corrected chi connectivity index (χ1v) is 17.1. The lowest BCUT2D eigenvalue weighted by atomic mass is 9.47. The second-order valence-corrected chi connectivity index (χ2v) is 15.7. The molecule has 5 rings (SSSR count). The molecule has 8 atom stereocenters. The summed E-state index contributed by atoms with van der Waals surface area (Å²) in [5.74, 6) is 6.14. The standard InChI is InChI=1S/C36H60O2/c1-25(2)10-9-11-26(3)31-17-18-32-30-16-15-28-24-29(38-34(37)19-14-27-12-7-6-8-13-27)20-22-35(28,4)33(30)21-23-36(31,32)5/h15,25-27,29-33H,6-14,16-24H2,1-5H3/t26-,29-,30-,31+,32-,33-,35-,36+/m0/s1. The Bertz CT molecular complexity index is 836. The first kappa shape index (κ1) is 28.7. The van der Waals surface area contributed by atoms with E-state index >= 15 is 0 Å². The van der Waals surface area contributed by atoms with Crippen molar-refractivity contribution >= 4 is 5.97 Å². The maximum Gasteiger partial charge on any atom is 0.306 e. The van der Waals surface area contributed by atoms with Crippen molar-refractivity contribution in [2.24, 2.45) is 52.3 Å². The van der Waals surface area contributed by atoms with Crippen LogP contribution < -0.4 is 0 Å². The summed E-state index contributed by atoms with van der Waals surface area (Å²) in [4.78, 5) is 12.7. The number of rotatable bonds is 9. The van der Waals surface area contributed by atoms with Crippen LogP contribution in [0.15, 0.2) is 11.6 Å². The molecule has 0 aromatic carbocycles. The fraction of sp³-hybridized carbons (Fsp3) is 0.917. The zero-order valence-corrected chi connectivity index (χ0v) is 25.7. The predicted molar refractivity (Wildman–Crippen MR) is 159 cm³/mol. The Balaban J connectivity index is 1.17. The van der Waals surface area contributed by atoms with Crippen LogP contribution in [0.5, 0.6) is 0 Å². The van der Waals surface area contributed by atoms with Gasteiger partial charge in [-0.05, 0) is 104 Å². The lowest BCUT2D eigenvalue weighted by Gasteiger charge is -2.58. The maximum atomic E-state index is 12.7. The minimum Gasteiger partial charge on any atom is -0.462 e. The van der Waals surface area contributed by atoms with Gasteiger partial charge in [-0.15, -0.1) is 0 Å². The maximum absolute atomic E-state index is 12.7. The molecule has 0 saturated heterocycles. The molecule has 0 radical (unpaired) electrons. The van der Waals surface area contributed by atoms with E-state index < -0.39 is 0 Å². The molecule has 0 unspecified atom stereocenters. The Morgan fingerprint density at radius 2 is 1.74 bits per heavy atom. The molecule has 216 valence electrons. The van der Waals surface area contributed by atoms with Crippen LogP contribution in [0.1, 0.15) is 150 Å². The molecule has 2 nitrogen and oxygen atoms in total. The van der Waals surface area contributed by atoms with Gasteiger partial charge in [0.25, 0.3) is 0 Å². The van der Waals surface area contributed by atoms with Crippen molar-refractivity contribution in [3.05, 3.63) is 11.6 Å². The molecule has 0 aliphatic heterocycles. The molecule has 5 aliphatic rings. The van der Waals surface area contributed by atoms with Gasteiger partial charge in [0.15, 0.2) is 0 Å². The van der Waals surface area contributed by atoms with Crippen LogP contribution in [-0.4, -0.2) is 12.1 Å². The zero-order chi connectivity index (χ0) is 26.9. The number of esters is 1. The third kappa shape index (κ3) is 5.81. The van der Waals surface area contributed by atoms with E-state index in [1.807, 2.05) is 0 Å². The molecule has 0 heterocycles. The average molecular weight is 525 g/mol. The molecule has 0 bridgehead atoms. The van der Waals surface area contributed by atoms with Gasteiger partial charge in [-0.25, -0.2) is 0 Å². The van der Waals surface area contributed by atoms with Crippen molar-refractivity contribution in [1.82, 2.24) is 0 Å². The summed E-state index contributed by atoms with van der Waals surface area (Å²) in [6, 6.07) is 0. The SMILES string of the molecule is CC(C)CCC[C@H](C)[C@H]1CC[C@H]2[C@@H]3CC=C4C[C@@H](OC(=O)CCC5CCCCC5)CC[C@]4(C)[C@H]3CC[C@]12C. The Morgan fingerprint density at radius 3 is 2.50 bits per heavy atom. The van der Waals surface area contributed by atoms with Crippen molar-refractivity contribution < 1.29 is 9.53 Å². The third-order valence-electron chi connectivity index (χ3n) is 13.0.